The SMILES string of the molecule is COc1cccc(CN(C)CC[C@@]2(C=O)CCC3C=C(C(=O)NO)C=CC3C2)c1. The van der Waals surface area contributed by atoms with Crippen molar-refractivity contribution < 1.29 is 19.5 Å². The number of nitrogens with one attached hydrogen (secondary N) is 1. The van der Waals surface area contributed by atoms with Crippen LogP contribution >= 0.6 is 0 Å². The van der Waals surface area contributed by atoms with Crippen LogP contribution in [-0.2, 0) is 16.1 Å². The smallest absolute Gasteiger partial charge is 0.274 e. The Bertz CT molecular complexity index is 804. The summed E-state index contributed by atoms with van der Waals surface area (Å²) in [4.78, 5) is 25.9. The van der Waals surface area contributed by atoms with Crippen LogP contribution in [0.5, 0.6) is 5.75 Å². The van der Waals surface area contributed by atoms with Crippen molar-refractivity contribution in [2.24, 2.45) is 17.3 Å². The van der Waals surface area contributed by atoms with Crippen LogP contribution in [0, 0.1) is 17.3 Å². The third-order valence-electron chi connectivity index (χ3n) is 6.28. The van der Waals surface area contributed by atoms with Gasteiger partial charge in [-0.25, -0.2) is 5.48 Å². The normalized spacial score (nSPS) is 25.9. The lowest BCUT2D eigenvalue weighted by Crippen LogP contribution is -2.38. The van der Waals surface area contributed by atoms with Gasteiger partial charge in [0.2, 0.25) is 0 Å². The summed E-state index contributed by atoms with van der Waals surface area (Å²) in [7, 11) is 3.74. The quantitative estimate of drug-likeness (QED) is 0.400. The van der Waals surface area contributed by atoms with Crippen molar-refractivity contribution in [3.8, 4) is 5.75 Å². The van der Waals surface area contributed by atoms with Crippen LogP contribution in [0.15, 0.2) is 48.1 Å². The predicted octanol–water partition coefficient (Wildman–Crippen LogP) is 3.12. The van der Waals surface area contributed by atoms with Crippen LogP contribution in [0.25, 0.3) is 0 Å². The van der Waals surface area contributed by atoms with E-state index in [1.165, 1.54) is 5.56 Å². The fourth-order valence-electron chi connectivity index (χ4n) is 4.51. The predicted molar refractivity (Wildman–Crippen MR) is 110 cm³/mol. The van der Waals surface area contributed by atoms with Gasteiger partial charge in [0, 0.05) is 17.5 Å². The Balaban J connectivity index is 1.57. The highest BCUT2D eigenvalue weighted by Crippen LogP contribution is 2.46. The van der Waals surface area contributed by atoms with E-state index < -0.39 is 5.91 Å². The Labute approximate surface area is 172 Å². The highest BCUT2D eigenvalue weighted by molar-refractivity contribution is 5.95. The monoisotopic (exact) mass is 398 g/mol. The number of aldehydes is 1. The summed E-state index contributed by atoms with van der Waals surface area (Å²) in [5.41, 5.74) is 3.05. The summed E-state index contributed by atoms with van der Waals surface area (Å²) in [5.74, 6) is 0.874. The standard InChI is InChI=1S/C23H30N2O4/c1-25(15-17-4-3-5-21(12-17)29-2)11-10-23(16-26)9-8-18-13-19(22(27)24-28)6-7-20(18)14-23/h3-7,12-13,16,18,20,28H,8-11,14-15H2,1-2H3,(H,24,27)/t18?,20?,23-/m0/s1. The molecule has 156 valence electrons. The molecule has 29 heavy (non-hydrogen) atoms. The Morgan fingerprint density at radius 2 is 2.24 bits per heavy atom. The molecule has 3 atom stereocenters. The minimum Gasteiger partial charge on any atom is -0.497 e. The van der Waals surface area contributed by atoms with Crippen molar-refractivity contribution in [2.45, 2.75) is 32.2 Å². The van der Waals surface area contributed by atoms with Gasteiger partial charge in [0.1, 0.15) is 12.0 Å². The number of ether oxygens (including phenoxy) is 1. The van der Waals surface area contributed by atoms with Crippen molar-refractivity contribution >= 4 is 12.2 Å². The molecule has 1 amide bonds. The van der Waals surface area contributed by atoms with E-state index in [0.717, 1.165) is 50.8 Å². The highest BCUT2D eigenvalue weighted by atomic mass is 16.5. The summed E-state index contributed by atoms with van der Waals surface area (Å²) in [6, 6.07) is 8.05. The van der Waals surface area contributed by atoms with Gasteiger partial charge >= 0.3 is 0 Å². The molecule has 0 aliphatic heterocycles. The lowest BCUT2D eigenvalue weighted by Gasteiger charge is -2.41. The number of amides is 1. The molecule has 0 heterocycles. The second-order valence-electron chi connectivity index (χ2n) is 8.31. The molecule has 0 aromatic heterocycles. The van der Waals surface area contributed by atoms with Crippen molar-refractivity contribution in [3.05, 3.63) is 53.6 Å². The van der Waals surface area contributed by atoms with Gasteiger partial charge in [-0.15, -0.1) is 0 Å². The van der Waals surface area contributed by atoms with Gasteiger partial charge in [-0.3, -0.25) is 10.0 Å². The molecule has 1 fully saturated rings. The van der Waals surface area contributed by atoms with Gasteiger partial charge in [0.25, 0.3) is 5.91 Å². The van der Waals surface area contributed by atoms with Gasteiger partial charge in [-0.2, -0.15) is 0 Å². The zero-order valence-electron chi connectivity index (χ0n) is 17.1. The lowest BCUT2D eigenvalue weighted by atomic mass is 9.63. The van der Waals surface area contributed by atoms with E-state index in [9.17, 15) is 9.59 Å². The molecule has 1 aromatic carbocycles. The average Bonchev–Trinajstić information content (AvgIpc) is 2.76. The lowest BCUT2D eigenvalue weighted by molar-refractivity contribution is -0.125. The largest absolute Gasteiger partial charge is 0.497 e. The summed E-state index contributed by atoms with van der Waals surface area (Å²) in [6.45, 7) is 1.64. The van der Waals surface area contributed by atoms with Crippen LogP contribution in [0.2, 0.25) is 0 Å². The first kappa shape index (κ1) is 21.3. The molecule has 0 spiro atoms. The molecule has 2 unspecified atom stereocenters. The third-order valence-corrected chi connectivity index (χ3v) is 6.28. The van der Waals surface area contributed by atoms with E-state index in [1.54, 1.807) is 18.7 Å². The Morgan fingerprint density at radius 1 is 1.41 bits per heavy atom. The van der Waals surface area contributed by atoms with Gasteiger partial charge < -0.3 is 14.4 Å². The Morgan fingerprint density at radius 3 is 2.97 bits per heavy atom. The Hall–Kier alpha value is -2.44. The van der Waals surface area contributed by atoms with E-state index in [1.807, 2.05) is 30.4 Å². The molecule has 6 heteroatoms. The minimum atomic E-state index is -0.480. The van der Waals surface area contributed by atoms with Gasteiger partial charge in [0.05, 0.1) is 7.11 Å². The number of rotatable bonds is 8. The molecule has 1 saturated carbocycles. The first-order valence-electron chi connectivity index (χ1n) is 10.1. The number of nitrogens with zero attached hydrogens (tertiary/aromatic N) is 1. The number of fused-ring (bicyclic) bond motifs is 1. The van der Waals surface area contributed by atoms with Gasteiger partial charge in [-0.05, 0) is 68.8 Å². The molecule has 0 radical (unpaired) electrons. The Kier molecular flexibility index (Phi) is 6.87. The zero-order valence-corrected chi connectivity index (χ0v) is 17.1. The van der Waals surface area contributed by atoms with Crippen molar-refractivity contribution in [3.63, 3.8) is 0 Å². The number of hydroxylamine groups is 1. The molecule has 2 aliphatic carbocycles. The molecule has 0 saturated heterocycles. The number of carbonyl (C=O) groups excluding carboxylic acids is 2. The summed E-state index contributed by atoms with van der Waals surface area (Å²) >= 11 is 0. The van der Waals surface area contributed by atoms with Gasteiger partial charge in [0.15, 0.2) is 0 Å². The van der Waals surface area contributed by atoms with E-state index in [2.05, 4.69) is 18.0 Å². The first-order valence-corrected chi connectivity index (χ1v) is 10.1. The highest BCUT2D eigenvalue weighted by Gasteiger charge is 2.40. The number of hydrogen-bond donors (Lipinski definition) is 2. The second kappa shape index (κ2) is 9.37. The minimum absolute atomic E-state index is 0.245. The number of allylic oxidation sites excluding steroid dienone is 2. The summed E-state index contributed by atoms with van der Waals surface area (Å²) in [6.07, 6.45) is 10.2. The number of carbonyl (C=O) groups is 2. The second-order valence-corrected chi connectivity index (χ2v) is 8.31. The third kappa shape index (κ3) is 5.14. The average molecular weight is 399 g/mol. The summed E-state index contributed by atoms with van der Waals surface area (Å²) in [5, 5.41) is 8.83. The maximum absolute atomic E-state index is 12.1. The van der Waals surface area contributed by atoms with Crippen LogP contribution in [-0.4, -0.2) is 43.0 Å². The van der Waals surface area contributed by atoms with Crippen LogP contribution in [0.4, 0.5) is 0 Å². The number of methoxy groups -OCH3 is 1. The molecule has 1 aromatic rings. The van der Waals surface area contributed by atoms with E-state index in [-0.39, 0.29) is 17.3 Å². The molecule has 3 rings (SSSR count). The number of benzene rings is 1. The van der Waals surface area contributed by atoms with E-state index in [0.29, 0.717) is 5.57 Å². The van der Waals surface area contributed by atoms with Crippen LogP contribution < -0.4 is 10.2 Å². The molecule has 6 nitrogen and oxygen atoms in total. The van der Waals surface area contributed by atoms with Crippen molar-refractivity contribution in [1.29, 1.82) is 0 Å². The summed E-state index contributed by atoms with van der Waals surface area (Å²) < 4.78 is 5.29. The van der Waals surface area contributed by atoms with E-state index in [4.69, 9.17) is 9.94 Å². The van der Waals surface area contributed by atoms with Crippen molar-refractivity contribution in [1.82, 2.24) is 10.4 Å². The molecular formula is C23H30N2O4. The zero-order chi connectivity index (χ0) is 20.9. The topological polar surface area (TPSA) is 78.9 Å². The molecule has 0 bridgehead atoms. The van der Waals surface area contributed by atoms with Crippen LogP contribution in [0.3, 0.4) is 0 Å². The maximum atomic E-state index is 12.1. The maximum Gasteiger partial charge on any atom is 0.274 e. The van der Waals surface area contributed by atoms with Crippen LogP contribution in [0.1, 0.15) is 31.2 Å². The first-order chi connectivity index (χ1) is 14.0. The number of hydrogen-bond acceptors (Lipinski definition) is 5. The van der Waals surface area contributed by atoms with E-state index >= 15 is 0 Å². The molecular weight excluding hydrogens is 368 g/mol. The molecule has 2 aliphatic rings. The molecule has 2 N–H and O–H groups in total. The fraction of sp³-hybridized carbons (Fsp3) is 0.478. The fourth-order valence-corrected chi connectivity index (χ4v) is 4.51. The van der Waals surface area contributed by atoms with Crippen molar-refractivity contribution in [2.75, 3.05) is 20.7 Å². The van der Waals surface area contributed by atoms with Gasteiger partial charge in [-0.1, -0.05) is 30.4 Å².